The Morgan fingerprint density at radius 1 is 0.933 bits per heavy atom. The number of likely N-dealkylation sites (N-methyl/N-ethyl adjacent to an activating group) is 1. The van der Waals surface area contributed by atoms with Crippen LogP contribution in [0, 0.1) is 11.8 Å². The molecular weight excluding hydrogens is 408 g/mol. The second-order valence-electron chi connectivity index (χ2n) is 8.93. The summed E-state index contributed by atoms with van der Waals surface area (Å²) in [7, 11) is 1.51. The fraction of sp³-hybridized carbons (Fsp3) is 0.800. The van der Waals surface area contributed by atoms with Crippen LogP contribution in [-0.2, 0) is 19.1 Å². The summed E-state index contributed by atoms with van der Waals surface area (Å²) in [5, 5.41) is 9.51. The van der Waals surface area contributed by atoms with Crippen molar-refractivity contribution >= 4 is 36.4 Å². The maximum Gasteiger partial charge on any atom is 0.407 e. The van der Waals surface area contributed by atoms with Gasteiger partial charge in [-0.05, 0) is 39.0 Å². The molecule has 4 amide bonds. The largest absolute Gasteiger partial charge is 0.444 e. The molecule has 174 valence electrons. The molecule has 30 heavy (non-hydrogen) atoms. The van der Waals surface area contributed by atoms with Crippen molar-refractivity contribution < 1.29 is 23.9 Å². The zero-order chi connectivity index (χ0) is 23.6. The van der Waals surface area contributed by atoms with E-state index in [9.17, 15) is 19.2 Å². The minimum absolute atomic E-state index is 0.0650. The molecule has 0 heterocycles. The van der Waals surface area contributed by atoms with E-state index in [1.165, 1.54) is 7.05 Å². The first-order valence-electron chi connectivity index (χ1n) is 10.1. The Bertz CT molecular complexity index is 604. The van der Waals surface area contributed by atoms with Gasteiger partial charge in [-0.1, -0.05) is 27.7 Å². The number of ether oxygens (including phenoxy) is 1. The van der Waals surface area contributed by atoms with Gasteiger partial charge >= 0.3 is 6.09 Å². The van der Waals surface area contributed by atoms with Crippen molar-refractivity contribution in [3.8, 4) is 0 Å². The molecule has 0 saturated carbocycles. The van der Waals surface area contributed by atoms with E-state index >= 15 is 0 Å². The second kappa shape index (κ2) is 12.7. The van der Waals surface area contributed by atoms with Gasteiger partial charge < -0.3 is 26.0 Å². The Morgan fingerprint density at radius 3 is 1.93 bits per heavy atom. The number of carbonyl (C=O) groups is 4. The van der Waals surface area contributed by atoms with Crippen molar-refractivity contribution in [2.75, 3.05) is 13.6 Å². The molecule has 0 rings (SSSR count). The molecule has 0 aliphatic heterocycles. The van der Waals surface area contributed by atoms with Gasteiger partial charge in [0.25, 0.3) is 0 Å². The number of carbonyl (C=O) groups excluding carboxylic acids is 4. The lowest BCUT2D eigenvalue weighted by atomic mass is 10.00. The molecule has 1 unspecified atom stereocenters. The highest BCUT2D eigenvalue weighted by atomic mass is 32.1. The Kier molecular flexibility index (Phi) is 11.8. The van der Waals surface area contributed by atoms with Crippen LogP contribution in [-0.4, -0.2) is 60.3 Å². The fourth-order valence-corrected chi connectivity index (χ4v) is 2.68. The summed E-state index contributed by atoms with van der Waals surface area (Å²) in [6.45, 7) is 12.6. The molecule has 10 heteroatoms. The van der Waals surface area contributed by atoms with Crippen LogP contribution < -0.4 is 21.3 Å². The first kappa shape index (κ1) is 28.0. The van der Waals surface area contributed by atoms with Gasteiger partial charge in [0.2, 0.25) is 17.7 Å². The summed E-state index contributed by atoms with van der Waals surface area (Å²) < 4.78 is 5.12. The van der Waals surface area contributed by atoms with Crippen molar-refractivity contribution in [3.63, 3.8) is 0 Å². The summed E-state index contributed by atoms with van der Waals surface area (Å²) in [4.78, 5) is 49.0. The van der Waals surface area contributed by atoms with Crippen LogP contribution in [0.4, 0.5) is 4.79 Å². The molecule has 0 aromatic heterocycles. The van der Waals surface area contributed by atoms with E-state index in [2.05, 4.69) is 33.9 Å². The third-order valence-corrected chi connectivity index (χ3v) is 4.39. The Morgan fingerprint density at radius 2 is 1.50 bits per heavy atom. The number of hydrogen-bond donors (Lipinski definition) is 5. The minimum atomic E-state index is -0.878. The number of nitrogens with one attached hydrogen (secondary N) is 4. The van der Waals surface area contributed by atoms with Crippen LogP contribution in [0.2, 0.25) is 0 Å². The monoisotopic (exact) mass is 446 g/mol. The first-order valence-corrected chi connectivity index (χ1v) is 10.7. The van der Waals surface area contributed by atoms with Gasteiger partial charge in [0.1, 0.15) is 17.7 Å². The van der Waals surface area contributed by atoms with E-state index < -0.39 is 40.8 Å². The van der Waals surface area contributed by atoms with Gasteiger partial charge in [-0.2, -0.15) is 12.6 Å². The van der Waals surface area contributed by atoms with E-state index in [1.807, 2.05) is 13.8 Å². The van der Waals surface area contributed by atoms with Crippen LogP contribution in [0.1, 0.15) is 54.9 Å². The second-order valence-corrected chi connectivity index (χ2v) is 9.56. The predicted molar refractivity (Wildman–Crippen MR) is 119 cm³/mol. The fourth-order valence-electron chi connectivity index (χ4n) is 2.51. The van der Waals surface area contributed by atoms with E-state index in [0.717, 1.165) is 0 Å². The quantitative estimate of drug-likeness (QED) is 0.323. The highest BCUT2D eigenvalue weighted by Gasteiger charge is 2.30. The van der Waals surface area contributed by atoms with E-state index in [1.54, 1.807) is 34.6 Å². The molecule has 0 aromatic rings. The van der Waals surface area contributed by atoms with Gasteiger partial charge in [0.15, 0.2) is 0 Å². The standard InChI is InChI=1S/C20H38N4O5S/c1-11(2)9-13(16(25)21-8)23-18(27)15(12(3)4)24-17(26)14(30)10-22-19(28)29-20(5,6)7/h11-15,30H,9-10H2,1-8H3,(H,21,25)(H,22,28)(H,23,27)(H,24,26)/t13-,14?,15-/m0/s1. The van der Waals surface area contributed by atoms with E-state index in [4.69, 9.17) is 4.74 Å². The van der Waals surface area contributed by atoms with Crippen LogP contribution in [0.15, 0.2) is 0 Å². The molecule has 0 aliphatic rings. The maximum absolute atomic E-state index is 12.8. The molecule has 0 fully saturated rings. The average molecular weight is 447 g/mol. The van der Waals surface area contributed by atoms with Crippen molar-refractivity contribution in [1.82, 2.24) is 21.3 Å². The first-order chi connectivity index (χ1) is 13.7. The van der Waals surface area contributed by atoms with Crippen LogP contribution in [0.5, 0.6) is 0 Å². The highest BCUT2D eigenvalue weighted by Crippen LogP contribution is 2.09. The van der Waals surface area contributed by atoms with Crippen LogP contribution in [0.3, 0.4) is 0 Å². The number of hydrogen-bond acceptors (Lipinski definition) is 6. The average Bonchev–Trinajstić information content (AvgIpc) is 2.60. The van der Waals surface area contributed by atoms with Gasteiger partial charge in [-0.3, -0.25) is 14.4 Å². The summed E-state index contributed by atoms with van der Waals surface area (Å²) in [5.74, 6) is -1.28. The number of thiol groups is 1. The molecule has 0 saturated heterocycles. The topological polar surface area (TPSA) is 126 Å². The van der Waals surface area contributed by atoms with Gasteiger partial charge in [0, 0.05) is 13.6 Å². The maximum atomic E-state index is 12.8. The van der Waals surface area contributed by atoms with E-state index in [-0.39, 0.29) is 24.3 Å². The summed E-state index contributed by atoms with van der Waals surface area (Å²) >= 11 is 4.21. The highest BCUT2D eigenvalue weighted by molar-refractivity contribution is 7.81. The summed E-state index contributed by atoms with van der Waals surface area (Å²) in [5.41, 5.74) is -0.656. The summed E-state index contributed by atoms with van der Waals surface area (Å²) in [6, 6.07) is -1.55. The smallest absolute Gasteiger partial charge is 0.407 e. The minimum Gasteiger partial charge on any atom is -0.444 e. The normalized spacial score (nSPS) is 14.5. The van der Waals surface area contributed by atoms with Crippen molar-refractivity contribution in [2.45, 2.75) is 77.8 Å². The number of amides is 4. The number of alkyl carbamates (subject to hydrolysis) is 1. The zero-order valence-corrected chi connectivity index (χ0v) is 20.2. The van der Waals surface area contributed by atoms with Crippen LogP contribution in [0.25, 0.3) is 0 Å². The Hall–Kier alpha value is -1.97. The lowest BCUT2D eigenvalue weighted by molar-refractivity contribution is -0.133. The molecule has 0 aromatic carbocycles. The molecule has 9 nitrogen and oxygen atoms in total. The number of rotatable bonds is 10. The van der Waals surface area contributed by atoms with Gasteiger partial charge in [0.05, 0.1) is 5.25 Å². The lowest BCUT2D eigenvalue weighted by Gasteiger charge is -2.26. The Balaban J connectivity index is 4.96. The third kappa shape index (κ3) is 11.3. The SMILES string of the molecule is CNC(=O)[C@H](CC(C)C)NC(=O)[C@@H](NC(=O)C(S)CNC(=O)OC(C)(C)C)C(C)C. The van der Waals surface area contributed by atoms with Crippen molar-refractivity contribution in [1.29, 1.82) is 0 Å². The van der Waals surface area contributed by atoms with Crippen molar-refractivity contribution in [3.05, 3.63) is 0 Å². The molecule has 0 radical (unpaired) electrons. The molecule has 0 spiro atoms. The van der Waals surface area contributed by atoms with Crippen LogP contribution >= 0.6 is 12.6 Å². The van der Waals surface area contributed by atoms with Gasteiger partial charge in [-0.15, -0.1) is 0 Å². The molecule has 0 bridgehead atoms. The summed E-state index contributed by atoms with van der Waals surface area (Å²) in [6.07, 6.45) is -0.186. The van der Waals surface area contributed by atoms with Crippen molar-refractivity contribution in [2.24, 2.45) is 11.8 Å². The lowest BCUT2D eigenvalue weighted by Crippen LogP contribution is -2.56. The molecular formula is C20H38N4O5S. The third-order valence-electron chi connectivity index (χ3n) is 3.97. The predicted octanol–water partition coefficient (Wildman–Crippen LogP) is 1.23. The molecule has 3 atom stereocenters. The Labute approximate surface area is 185 Å². The van der Waals surface area contributed by atoms with Gasteiger partial charge in [-0.25, -0.2) is 4.79 Å². The molecule has 4 N–H and O–H groups in total. The van der Waals surface area contributed by atoms with E-state index in [0.29, 0.717) is 6.42 Å². The zero-order valence-electron chi connectivity index (χ0n) is 19.3. The molecule has 0 aliphatic carbocycles.